The van der Waals surface area contributed by atoms with Crippen LogP contribution in [0, 0.1) is 9.65 Å². The summed E-state index contributed by atoms with van der Waals surface area (Å²) in [5.74, 6) is -1.12. The maximum Gasteiger partial charge on any atom is 0.338 e. The lowest BCUT2D eigenvalue weighted by atomic mass is 10.1. The molecule has 0 saturated carbocycles. The molecule has 0 N–H and O–H groups in total. The molecule has 0 unspecified atom stereocenters. The van der Waals surface area contributed by atoms with Gasteiger partial charge in [-0.2, -0.15) is 0 Å². The van der Waals surface area contributed by atoms with Crippen molar-refractivity contribution in [3.05, 3.63) is 33.5 Å². The number of fused-ring (bicyclic) bond motifs is 1. The van der Waals surface area contributed by atoms with Gasteiger partial charge in [-0.3, -0.25) is 0 Å². The van der Waals surface area contributed by atoms with Crippen molar-refractivity contribution in [2.45, 2.75) is 0 Å². The van der Waals surface area contributed by atoms with Crippen LogP contribution in [-0.2, 0) is 4.74 Å². The van der Waals surface area contributed by atoms with Gasteiger partial charge in [0.2, 0.25) is 0 Å². The van der Waals surface area contributed by atoms with E-state index >= 15 is 0 Å². The molecule has 2 rings (SSSR count). The summed E-state index contributed by atoms with van der Waals surface area (Å²) in [5.41, 5.74) is 0.529. The standard InChI is InChI=1S/C10H6FIN2O2/c1-16-9(15)5-2-7(11)6-4-13-10(12)14-8(6)3-5/h2-4H,1H3. The first-order valence-electron chi connectivity index (χ1n) is 4.32. The maximum atomic E-state index is 13.6. The highest BCUT2D eigenvalue weighted by Crippen LogP contribution is 2.18. The van der Waals surface area contributed by atoms with E-state index in [2.05, 4.69) is 14.7 Å². The molecule has 82 valence electrons. The van der Waals surface area contributed by atoms with Crippen LogP contribution in [0.25, 0.3) is 10.9 Å². The van der Waals surface area contributed by atoms with E-state index in [1.54, 1.807) is 0 Å². The lowest BCUT2D eigenvalue weighted by molar-refractivity contribution is 0.0600. The second-order valence-electron chi connectivity index (χ2n) is 3.02. The van der Waals surface area contributed by atoms with Crippen molar-refractivity contribution in [3.63, 3.8) is 0 Å². The minimum atomic E-state index is -0.588. The van der Waals surface area contributed by atoms with Gasteiger partial charge >= 0.3 is 5.97 Å². The molecule has 0 aliphatic carbocycles. The van der Waals surface area contributed by atoms with Crippen molar-refractivity contribution in [2.24, 2.45) is 0 Å². The number of esters is 1. The quantitative estimate of drug-likeness (QED) is 0.456. The molecule has 1 heterocycles. The minimum Gasteiger partial charge on any atom is -0.465 e. The van der Waals surface area contributed by atoms with Gasteiger partial charge in [-0.1, -0.05) is 0 Å². The molecule has 0 radical (unpaired) electrons. The Morgan fingerprint density at radius 2 is 2.25 bits per heavy atom. The molecule has 0 aliphatic heterocycles. The molecule has 2 aromatic rings. The predicted molar refractivity (Wildman–Crippen MR) is 63.6 cm³/mol. The van der Waals surface area contributed by atoms with Gasteiger partial charge in [-0.15, -0.1) is 0 Å². The number of benzene rings is 1. The van der Waals surface area contributed by atoms with Crippen LogP contribution < -0.4 is 0 Å². The van der Waals surface area contributed by atoms with E-state index in [4.69, 9.17) is 0 Å². The highest BCUT2D eigenvalue weighted by molar-refractivity contribution is 14.1. The average molecular weight is 332 g/mol. The van der Waals surface area contributed by atoms with E-state index in [1.165, 1.54) is 19.4 Å². The Morgan fingerprint density at radius 1 is 1.50 bits per heavy atom. The van der Waals surface area contributed by atoms with Crippen molar-refractivity contribution >= 4 is 39.5 Å². The molecule has 0 bridgehead atoms. The Balaban J connectivity index is 2.69. The fourth-order valence-corrected chi connectivity index (χ4v) is 1.70. The van der Waals surface area contributed by atoms with Crippen LogP contribution in [0.4, 0.5) is 4.39 Å². The topological polar surface area (TPSA) is 52.1 Å². The summed E-state index contributed by atoms with van der Waals surface area (Å²) in [4.78, 5) is 19.2. The first kappa shape index (κ1) is 11.2. The molecule has 6 heteroatoms. The summed E-state index contributed by atoms with van der Waals surface area (Å²) in [6.45, 7) is 0. The number of hydrogen-bond acceptors (Lipinski definition) is 4. The Hall–Kier alpha value is -1.31. The van der Waals surface area contributed by atoms with E-state index in [0.717, 1.165) is 6.07 Å². The number of hydrogen-bond donors (Lipinski definition) is 0. The number of aromatic nitrogens is 2. The van der Waals surface area contributed by atoms with E-state index in [9.17, 15) is 9.18 Å². The lowest BCUT2D eigenvalue weighted by Gasteiger charge is -2.03. The number of rotatable bonds is 1. The second-order valence-corrected chi connectivity index (χ2v) is 3.99. The molecule has 4 nitrogen and oxygen atoms in total. The van der Waals surface area contributed by atoms with Crippen molar-refractivity contribution < 1.29 is 13.9 Å². The fourth-order valence-electron chi connectivity index (χ4n) is 1.31. The van der Waals surface area contributed by atoms with Crippen LogP contribution in [0.3, 0.4) is 0 Å². The first-order chi connectivity index (χ1) is 7.61. The number of nitrogens with zero attached hydrogens (tertiary/aromatic N) is 2. The Bertz CT molecular complexity index is 574. The Morgan fingerprint density at radius 3 is 2.94 bits per heavy atom. The normalized spacial score (nSPS) is 10.4. The summed E-state index contributed by atoms with van der Waals surface area (Å²) < 4.78 is 18.6. The fraction of sp³-hybridized carbons (Fsp3) is 0.100. The van der Waals surface area contributed by atoms with Crippen LogP contribution in [0.15, 0.2) is 18.3 Å². The highest BCUT2D eigenvalue weighted by Gasteiger charge is 2.11. The van der Waals surface area contributed by atoms with Gasteiger partial charge in [0.15, 0.2) is 3.83 Å². The van der Waals surface area contributed by atoms with Crippen molar-refractivity contribution in [1.82, 2.24) is 9.97 Å². The monoisotopic (exact) mass is 332 g/mol. The molecule has 0 spiro atoms. The zero-order valence-electron chi connectivity index (χ0n) is 8.20. The minimum absolute atomic E-state index is 0.141. The van der Waals surface area contributed by atoms with Crippen molar-refractivity contribution in [3.8, 4) is 0 Å². The summed E-state index contributed by atoms with van der Waals surface area (Å²) in [6.07, 6.45) is 1.39. The molecular weight excluding hydrogens is 326 g/mol. The Kier molecular flexibility index (Phi) is 2.99. The molecule has 0 atom stereocenters. The zero-order valence-corrected chi connectivity index (χ0v) is 10.4. The number of methoxy groups -OCH3 is 1. The molecule has 1 aromatic heterocycles. The predicted octanol–water partition coefficient (Wildman–Crippen LogP) is 2.16. The number of halogens is 2. The van der Waals surface area contributed by atoms with E-state index in [1.807, 2.05) is 22.6 Å². The van der Waals surface area contributed by atoms with Gasteiger partial charge in [0.05, 0.1) is 23.6 Å². The van der Waals surface area contributed by atoms with Gasteiger partial charge in [-0.05, 0) is 12.1 Å². The summed E-state index contributed by atoms with van der Waals surface area (Å²) in [6, 6.07) is 2.60. The van der Waals surface area contributed by atoms with E-state index < -0.39 is 11.8 Å². The molecule has 0 saturated heterocycles. The van der Waals surface area contributed by atoms with Crippen LogP contribution >= 0.6 is 22.6 Å². The van der Waals surface area contributed by atoms with Crippen LogP contribution in [0.2, 0.25) is 0 Å². The first-order valence-corrected chi connectivity index (χ1v) is 5.40. The number of carbonyl (C=O) groups is 1. The molecule has 1 aromatic carbocycles. The third-order valence-electron chi connectivity index (χ3n) is 2.04. The van der Waals surface area contributed by atoms with Gasteiger partial charge < -0.3 is 4.74 Å². The van der Waals surface area contributed by atoms with Crippen LogP contribution in [0.1, 0.15) is 10.4 Å². The third-order valence-corrected chi connectivity index (χ3v) is 2.56. The highest BCUT2D eigenvalue weighted by atomic mass is 127. The van der Waals surface area contributed by atoms with E-state index in [0.29, 0.717) is 9.35 Å². The van der Waals surface area contributed by atoms with Gasteiger partial charge in [-0.25, -0.2) is 19.2 Å². The van der Waals surface area contributed by atoms with Crippen molar-refractivity contribution in [2.75, 3.05) is 7.11 Å². The van der Waals surface area contributed by atoms with Crippen LogP contribution in [0.5, 0.6) is 0 Å². The third kappa shape index (κ3) is 1.97. The average Bonchev–Trinajstić information content (AvgIpc) is 2.27. The zero-order chi connectivity index (χ0) is 11.7. The molecule has 0 amide bonds. The van der Waals surface area contributed by atoms with Gasteiger partial charge in [0.1, 0.15) is 5.82 Å². The molecule has 0 fully saturated rings. The van der Waals surface area contributed by atoms with Crippen molar-refractivity contribution in [1.29, 1.82) is 0 Å². The van der Waals surface area contributed by atoms with E-state index in [-0.39, 0.29) is 10.9 Å². The molecule has 0 aliphatic rings. The molecule has 16 heavy (non-hydrogen) atoms. The largest absolute Gasteiger partial charge is 0.465 e. The summed E-state index contributed by atoms with van der Waals surface area (Å²) >= 11 is 1.92. The maximum absolute atomic E-state index is 13.6. The SMILES string of the molecule is COC(=O)c1cc(F)c2cnc(I)nc2c1. The number of carbonyl (C=O) groups excluding carboxylic acids is 1. The van der Waals surface area contributed by atoms with Gasteiger partial charge in [0, 0.05) is 28.8 Å². The second kappa shape index (κ2) is 4.28. The molecular formula is C10H6FIN2O2. The Labute approximate surface area is 104 Å². The lowest BCUT2D eigenvalue weighted by Crippen LogP contribution is -2.03. The van der Waals surface area contributed by atoms with Gasteiger partial charge in [0.25, 0.3) is 0 Å². The smallest absolute Gasteiger partial charge is 0.338 e. The summed E-state index contributed by atoms with van der Waals surface area (Å²) in [5, 5.41) is 0.285. The van der Waals surface area contributed by atoms with Crippen LogP contribution in [-0.4, -0.2) is 23.0 Å². The number of ether oxygens (including phenoxy) is 1. The summed E-state index contributed by atoms with van der Waals surface area (Å²) in [7, 11) is 1.24.